The van der Waals surface area contributed by atoms with Crippen molar-refractivity contribution in [3.8, 4) is 11.8 Å². The van der Waals surface area contributed by atoms with E-state index < -0.39 is 60.3 Å². The number of ether oxygens (including phenoxy) is 2. The number of benzene rings is 2. The van der Waals surface area contributed by atoms with Gasteiger partial charge in [-0.05, 0) is 64.8 Å². The van der Waals surface area contributed by atoms with Gasteiger partial charge < -0.3 is 30.1 Å². The summed E-state index contributed by atoms with van der Waals surface area (Å²) in [6.45, 7) is 9.04. The van der Waals surface area contributed by atoms with Gasteiger partial charge in [-0.1, -0.05) is 42.5 Å². The van der Waals surface area contributed by atoms with Crippen molar-refractivity contribution in [2.75, 3.05) is 13.1 Å². The molecule has 2 unspecified atom stereocenters. The van der Waals surface area contributed by atoms with Gasteiger partial charge in [0.15, 0.2) is 0 Å². The zero-order valence-corrected chi connectivity index (χ0v) is 24.3. The van der Waals surface area contributed by atoms with Crippen LogP contribution in [0.3, 0.4) is 0 Å². The molecule has 0 aromatic heterocycles. The van der Waals surface area contributed by atoms with Gasteiger partial charge in [0.05, 0.1) is 6.07 Å². The van der Waals surface area contributed by atoms with Crippen LogP contribution in [0, 0.1) is 11.3 Å². The summed E-state index contributed by atoms with van der Waals surface area (Å²) in [6, 6.07) is 13.9. The molecule has 3 amide bonds. The number of nitrogens with zero attached hydrogens (tertiary/aromatic N) is 2. The lowest BCUT2D eigenvalue weighted by atomic mass is 10.0. The van der Waals surface area contributed by atoms with Crippen molar-refractivity contribution in [1.82, 2.24) is 15.5 Å². The Bertz CT molecular complexity index is 1240. The Hall–Kier alpha value is -4.59. The number of alkyl carbamates (subject to hydrolysis) is 1. The fraction of sp³-hybridized carbons (Fsp3) is 0.433. The molecular formula is C30H38N4O7. The highest BCUT2D eigenvalue weighted by Crippen LogP contribution is 2.24. The minimum absolute atomic E-state index is 0.0756. The van der Waals surface area contributed by atoms with Crippen LogP contribution in [0.5, 0.6) is 5.75 Å². The first-order valence-corrected chi connectivity index (χ1v) is 13.1. The average Bonchev–Trinajstić information content (AvgIpc) is 2.86. The molecule has 2 rings (SSSR count). The van der Waals surface area contributed by atoms with Crippen LogP contribution in [0.4, 0.5) is 4.79 Å². The molecule has 0 aliphatic carbocycles. The number of carbonyl (C=O) groups excluding carboxylic acids is 4. The lowest BCUT2D eigenvalue weighted by molar-refractivity contribution is -0.159. The van der Waals surface area contributed by atoms with E-state index in [2.05, 4.69) is 10.6 Å². The number of hydrogen-bond acceptors (Lipinski definition) is 8. The number of carbonyl (C=O) groups is 4. The molecule has 0 spiro atoms. The zero-order valence-electron chi connectivity index (χ0n) is 24.3. The minimum atomic E-state index is -1.39. The highest BCUT2D eigenvalue weighted by molar-refractivity contribution is 5.93. The second kappa shape index (κ2) is 14.2. The van der Waals surface area contributed by atoms with Crippen LogP contribution in [0.1, 0.15) is 58.7 Å². The Labute approximate surface area is 240 Å². The normalized spacial score (nSPS) is 12.7. The molecule has 11 nitrogen and oxygen atoms in total. The lowest BCUT2D eigenvalue weighted by Crippen LogP contribution is -2.52. The van der Waals surface area contributed by atoms with Gasteiger partial charge in [-0.25, -0.2) is 9.59 Å². The van der Waals surface area contributed by atoms with Crippen molar-refractivity contribution < 1.29 is 33.8 Å². The van der Waals surface area contributed by atoms with Crippen molar-refractivity contribution in [2.45, 2.75) is 71.2 Å². The van der Waals surface area contributed by atoms with Crippen LogP contribution < -0.4 is 10.6 Å². The fourth-order valence-corrected chi connectivity index (χ4v) is 3.76. The number of esters is 1. The molecule has 0 saturated carbocycles. The molecule has 0 radical (unpaired) electrons. The van der Waals surface area contributed by atoms with Crippen LogP contribution >= 0.6 is 0 Å². The maximum absolute atomic E-state index is 13.8. The van der Waals surface area contributed by atoms with Gasteiger partial charge in [-0.3, -0.25) is 9.59 Å². The summed E-state index contributed by atoms with van der Waals surface area (Å²) in [6.07, 6.45) is -0.739. The number of amides is 3. The van der Waals surface area contributed by atoms with Crippen LogP contribution in [0.2, 0.25) is 0 Å². The van der Waals surface area contributed by atoms with E-state index in [1.807, 2.05) is 12.1 Å². The second-order valence-electron chi connectivity index (χ2n) is 11.3. The molecule has 0 aliphatic rings. The predicted octanol–water partition coefficient (Wildman–Crippen LogP) is 3.38. The number of phenolic OH excluding ortho intramolecular Hbond substituents is 1. The van der Waals surface area contributed by atoms with Gasteiger partial charge in [0.2, 0.25) is 11.8 Å². The van der Waals surface area contributed by atoms with Gasteiger partial charge in [0.1, 0.15) is 42.1 Å². The summed E-state index contributed by atoms with van der Waals surface area (Å²) in [5, 5.41) is 24.4. The summed E-state index contributed by atoms with van der Waals surface area (Å²) in [5.74, 6) is -2.26. The van der Waals surface area contributed by atoms with Crippen molar-refractivity contribution in [3.05, 3.63) is 65.7 Å². The summed E-state index contributed by atoms with van der Waals surface area (Å²) < 4.78 is 10.7. The largest absolute Gasteiger partial charge is 0.508 e. The van der Waals surface area contributed by atoms with E-state index in [-0.39, 0.29) is 17.7 Å². The first kappa shape index (κ1) is 32.6. The zero-order chi connectivity index (χ0) is 30.8. The third-order valence-corrected chi connectivity index (χ3v) is 5.40. The third kappa shape index (κ3) is 11.2. The van der Waals surface area contributed by atoms with Crippen LogP contribution in [-0.2, 0) is 30.3 Å². The topological polar surface area (TPSA) is 158 Å². The molecule has 220 valence electrons. The van der Waals surface area contributed by atoms with Gasteiger partial charge >= 0.3 is 12.1 Å². The minimum Gasteiger partial charge on any atom is -0.508 e. The van der Waals surface area contributed by atoms with Crippen LogP contribution in [0.15, 0.2) is 54.6 Å². The van der Waals surface area contributed by atoms with Crippen molar-refractivity contribution in [1.29, 1.82) is 5.26 Å². The summed E-state index contributed by atoms with van der Waals surface area (Å²) in [5.41, 5.74) is -0.604. The number of phenols is 1. The van der Waals surface area contributed by atoms with Gasteiger partial charge in [-0.2, -0.15) is 5.26 Å². The number of aromatic hydroxyl groups is 1. The van der Waals surface area contributed by atoms with Crippen molar-refractivity contribution >= 4 is 23.9 Å². The molecule has 2 aromatic rings. The summed E-state index contributed by atoms with van der Waals surface area (Å²) in [7, 11) is 0. The van der Waals surface area contributed by atoms with Crippen molar-refractivity contribution in [3.63, 3.8) is 0 Å². The number of rotatable bonds is 10. The molecule has 2 atom stereocenters. The number of nitriles is 1. The monoisotopic (exact) mass is 566 g/mol. The molecular weight excluding hydrogens is 528 g/mol. The quantitative estimate of drug-likeness (QED) is 0.292. The molecule has 41 heavy (non-hydrogen) atoms. The SMILES string of the molecule is CC(C)(C)OC(=O)NCC(=O)N(CC#N)C(C(=O)NC(Cc1ccccc1)C(=O)OC(C)(C)C)c1ccc(O)cc1. The molecule has 0 saturated heterocycles. The smallest absolute Gasteiger partial charge is 0.408 e. The van der Waals surface area contributed by atoms with E-state index in [9.17, 15) is 29.5 Å². The molecule has 2 aromatic carbocycles. The van der Waals surface area contributed by atoms with Crippen LogP contribution in [0.25, 0.3) is 0 Å². The third-order valence-electron chi connectivity index (χ3n) is 5.40. The molecule has 0 heterocycles. The lowest BCUT2D eigenvalue weighted by Gasteiger charge is -2.31. The van der Waals surface area contributed by atoms with E-state index in [0.29, 0.717) is 0 Å². The number of hydrogen-bond donors (Lipinski definition) is 3. The Morgan fingerprint density at radius 1 is 0.927 bits per heavy atom. The van der Waals surface area contributed by atoms with E-state index in [1.165, 1.54) is 24.3 Å². The Morgan fingerprint density at radius 2 is 1.51 bits per heavy atom. The highest BCUT2D eigenvalue weighted by Gasteiger charge is 2.35. The van der Waals surface area contributed by atoms with E-state index in [0.717, 1.165) is 10.5 Å². The summed E-state index contributed by atoms with van der Waals surface area (Å²) >= 11 is 0. The average molecular weight is 567 g/mol. The van der Waals surface area contributed by atoms with Crippen molar-refractivity contribution in [2.24, 2.45) is 0 Å². The second-order valence-corrected chi connectivity index (χ2v) is 11.3. The van der Waals surface area contributed by atoms with Gasteiger partial charge in [0.25, 0.3) is 0 Å². The first-order valence-electron chi connectivity index (χ1n) is 13.1. The standard InChI is InChI=1S/C30H38N4O7/c1-29(2,3)40-27(38)23(18-20-10-8-7-9-11-20)33-26(37)25(21-12-14-22(35)15-13-21)34(17-16-31)24(36)19-32-28(39)41-30(4,5)6/h7-15,23,25,35H,17-19H2,1-6H3,(H,32,39)(H,33,37). The van der Waals surface area contributed by atoms with Gasteiger partial charge in [0, 0.05) is 6.42 Å². The van der Waals surface area contributed by atoms with E-state index >= 15 is 0 Å². The van der Waals surface area contributed by atoms with E-state index in [1.54, 1.807) is 65.8 Å². The maximum Gasteiger partial charge on any atom is 0.408 e. The Kier molecular flexibility index (Phi) is 11.3. The Morgan fingerprint density at radius 3 is 2.05 bits per heavy atom. The first-order chi connectivity index (χ1) is 19.1. The molecule has 11 heteroatoms. The molecule has 0 fully saturated rings. The molecule has 0 aliphatic heterocycles. The number of nitrogens with one attached hydrogen (secondary N) is 2. The highest BCUT2D eigenvalue weighted by atomic mass is 16.6. The van der Waals surface area contributed by atoms with E-state index in [4.69, 9.17) is 9.47 Å². The predicted molar refractivity (Wildman–Crippen MR) is 150 cm³/mol. The summed E-state index contributed by atoms with van der Waals surface area (Å²) in [4.78, 5) is 53.4. The Balaban J connectivity index is 2.42. The molecule has 3 N–H and O–H groups in total. The maximum atomic E-state index is 13.8. The molecule has 0 bridgehead atoms. The van der Waals surface area contributed by atoms with Gasteiger partial charge in [-0.15, -0.1) is 0 Å². The fourth-order valence-electron chi connectivity index (χ4n) is 3.76. The van der Waals surface area contributed by atoms with Crippen LogP contribution in [-0.4, -0.2) is 64.2 Å².